The Morgan fingerprint density at radius 2 is 1.67 bits per heavy atom. The number of aryl methyl sites for hydroxylation is 1. The zero-order valence-corrected chi connectivity index (χ0v) is 10.2. The first-order valence-electron chi connectivity index (χ1n) is 6.52. The summed E-state index contributed by atoms with van der Waals surface area (Å²) in [5.41, 5.74) is 9.66. The van der Waals surface area contributed by atoms with Crippen LogP contribution in [-0.4, -0.2) is 7.85 Å². The van der Waals surface area contributed by atoms with Crippen LogP contribution in [0.3, 0.4) is 0 Å². The predicted octanol–water partition coefficient (Wildman–Crippen LogP) is 2.78. The van der Waals surface area contributed by atoms with Gasteiger partial charge in [-0.25, -0.2) is 0 Å². The molecule has 84 valence electrons. The second-order valence-electron chi connectivity index (χ2n) is 5.23. The van der Waals surface area contributed by atoms with Crippen LogP contribution in [0.4, 0.5) is 0 Å². The van der Waals surface area contributed by atoms with Crippen molar-refractivity contribution in [1.29, 1.82) is 0 Å². The molecule has 0 bridgehead atoms. The van der Waals surface area contributed by atoms with Crippen LogP contribution < -0.4 is 5.46 Å². The van der Waals surface area contributed by atoms with Gasteiger partial charge in [-0.15, -0.1) is 0 Å². The topological polar surface area (TPSA) is 0 Å². The first-order chi connectivity index (χ1) is 8.83. The lowest BCUT2D eigenvalue weighted by atomic mass is 9.85. The molecule has 2 aromatic carbocycles. The molecule has 0 saturated heterocycles. The number of rotatable bonds is 0. The monoisotopic (exact) mass is 228 g/mol. The van der Waals surface area contributed by atoms with Gasteiger partial charge in [-0.1, -0.05) is 53.5 Å². The van der Waals surface area contributed by atoms with Gasteiger partial charge in [0.25, 0.3) is 0 Å². The Bertz CT molecular complexity index is 680. The number of benzene rings is 2. The highest BCUT2D eigenvalue weighted by Crippen LogP contribution is 2.43. The molecule has 0 heterocycles. The molecule has 0 atom stereocenters. The summed E-state index contributed by atoms with van der Waals surface area (Å²) in [5, 5.41) is 0. The summed E-state index contributed by atoms with van der Waals surface area (Å²) in [6.45, 7) is 0. The molecule has 2 aliphatic rings. The van der Waals surface area contributed by atoms with E-state index in [9.17, 15) is 0 Å². The Labute approximate surface area is 109 Å². The van der Waals surface area contributed by atoms with Crippen LogP contribution in [0.25, 0.3) is 5.57 Å². The summed E-state index contributed by atoms with van der Waals surface area (Å²) >= 11 is 0. The molecule has 18 heavy (non-hydrogen) atoms. The fourth-order valence-electron chi connectivity index (χ4n) is 3.33. The highest BCUT2D eigenvalue weighted by atomic mass is 14.3. The van der Waals surface area contributed by atoms with Gasteiger partial charge in [-0.3, -0.25) is 0 Å². The smallest absolute Gasteiger partial charge is 0.0963 e. The molecule has 0 aromatic heterocycles. The maximum absolute atomic E-state index is 5.90. The number of hydrogen-bond acceptors (Lipinski definition) is 0. The molecule has 0 saturated carbocycles. The van der Waals surface area contributed by atoms with Gasteiger partial charge < -0.3 is 0 Å². The fraction of sp³-hybridized carbons (Fsp3) is 0.176. The molecule has 4 rings (SSSR count). The largest absolute Gasteiger partial charge is 0.113 e. The molecule has 0 nitrogen and oxygen atoms in total. The van der Waals surface area contributed by atoms with E-state index in [2.05, 4.69) is 36.4 Å². The van der Waals surface area contributed by atoms with Crippen LogP contribution in [0.15, 0.2) is 48.0 Å². The quantitative estimate of drug-likeness (QED) is 0.608. The van der Waals surface area contributed by atoms with Gasteiger partial charge in [-0.2, -0.15) is 0 Å². The van der Waals surface area contributed by atoms with Crippen molar-refractivity contribution in [2.45, 2.75) is 19.3 Å². The molecule has 0 amide bonds. The van der Waals surface area contributed by atoms with Crippen LogP contribution in [0.5, 0.6) is 0 Å². The summed E-state index contributed by atoms with van der Waals surface area (Å²) in [4.78, 5) is 0. The molecule has 2 aromatic rings. The van der Waals surface area contributed by atoms with Crippen molar-refractivity contribution in [3.8, 4) is 0 Å². The lowest BCUT2D eigenvalue weighted by Crippen LogP contribution is -2.04. The minimum atomic E-state index is 0.877. The van der Waals surface area contributed by atoms with Gasteiger partial charge in [0.1, 0.15) is 7.85 Å². The molecular formula is C17H13B. The van der Waals surface area contributed by atoms with Crippen LogP contribution in [0.1, 0.15) is 28.7 Å². The van der Waals surface area contributed by atoms with Crippen LogP contribution in [-0.2, 0) is 12.8 Å². The lowest BCUT2D eigenvalue weighted by molar-refractivity contribution is 0.896. The van der Waals surface area contributed by atoms with E-state index >= 15 is 0 Å². The van der Waals surface area contributed by atoms with E-state index in [4.69, 9.17) is 7.85 Å². The van der Waals surface area contributed by atoms with Gasteiger partial charge >= 0.3 is 0 Å². The molecule has 0 aliphatic heterocycles. The maximum Gasteiger partial charge on any atom is 0.113 e. The Kier molecular flexibility index (Phi) is 2.05. The third-order valence-electron chi connectivity index (χ3n) is 4.14. The second kappa shape index (κ2) is 3.62. The van der Waals surface area contributed by atoms with E-state index in [-0.39, 0.29) is 0 Å². The Morgan fingerprint density at radius 1 is 0.833 bits per heavy atom. The van der Waals surface area contributed by atoms with Gasteiger partial charge in [0.15, 0.2) is 0 Å². The van der Waals surface area contributed by atoms with Crippen molar-refractivity contribution < 1.29 is 0 Å². The van der Waals surface area contributed by atoms with Crippen molar-refractivity contribution in [3.05, 3.63) is 70.3 Å². The molecule has 2 aliphatic carbocycles. The standard InChI is InChI=1S/C17H13B/c18-14-7-8-16-13(10-14)9-12-6-5-11-3-1-2-4-15(11)17(12)16/h1-4,7-8,10H,5-6,9H2. The van der Waals surface area contributed by atoms with E-state index < -0.39 is 0 Å². The average molecular weight is 228 g/mol. The summed E-state index contributed by atoms with van der Waals surface area (Å²) in [6, 6.07) is 15.1. The van der Waals surface area contributed by atoms with Gasteiger partial charge in [0, 0.05) is 0 Å². The van der Waals surface area contributed by atoms with E-state index in [1.54, 1.807) is 5.57 Å². The van der Waals surface area contributed by atoms with Crippen LogP contribution >= 0.6 is 0 Å². The SMILES string of the molecule is [B]c1ccc2c(c1)CC1=C2c2ccccc2CC1. The minimum absolute atomic E-state index is 0.877. The molecule has 0 unspecified atom stereocenters. The van der Waals surface area contributed by atoms with Crippen molar-refractivity contribution in [3.63, 3.8) is 0 Å². The highest BCUT2D eigenvalue weighted by molar-refractivity contribution is 6.32. The van der Waals surface area contributed by atoms with E-state index in [1.807, 2.05) is 6.07 Å². The first kappa shape index (κ1) is 10.2. The highest BCUT2D eigenvalue weighted by Gasteiger charge is 2.26. The normalized spacial score (nSPS) is 16.2. The van der Waals surface area contributed by atoms with Gasteiger partial charge in [0.05, 0.1) is 0 Å². The first-order valence-corrected chi connectivity index (χ1v) is 6.52. The van der Waals surface area contributed by atoms with Gasteiger partial charge in [0.2, 0.25) is 0 Å². The summed E-state index contributed by atoms with van der Waals surface area (Å²) in [6.07, 6.45) is 3.46. The molecule has 2 radical (unpaired) electrons. The third-order valence-corrected chi connectivity index (χ3v) is 4.14. The molecule has 1 heteroatoms. The van der Waals surface area contributed by atoms with Crippen molar-refractivity contribution >= 4 is 18.9 Å². The van der Waals surface area contributed by atoms with Crippen LogP contribution in [0.2, 0.25) is 0 Å². The summed E-state index contributed by atoms with van der Waals surface area (Å²) in [5.74, 6) is 0. The Balaban J connectivity index is 1.96. The lowest BCUT2D eigenvalue weighted by Gasteiger charge is -2.19. The molecular weight excluding hydrogens is 215 g/mol. The van der Waals surface area contributed by atoms with Crippen molar-refractivity contribution in [1.82, 2.24) is 0 Å². The summed E-state index contributed by atoms with van der Waals surface area (Å²) < 4.78 is 0. The van der Waals surface area contributed by atoms with Gasteiger partial charge in [-0.05, 0) is 47.1 Å². The maximum atomic E-state index is 5.90. The number of fused-ring (bicyclic) bond motifs is 4. The minimum Gasteiger partial charge on any atom is -0.0963 e. The number of hydrogen-bond donors (Lipinski definition) is 0. The van der Waals surface area contributed by atoms with E-state index in [1.165, 1.54) is 40.7 Å². The fourth-order valence-corrected chi connectivity index (χ4v) is 3.33. The van der Waals surface area contributed by atoms with E-state index in [0.29, 0.717) is 0 Å². The zero-order chi connectivity index (χ0) is 12.1. The van der Waals surface area contributed by atoms with Crippen LogP contribution in [0, 0.1) is 0 Å². The predicted molar refractivity (Wildman–Crippen MR) is 76.3 cm³/mol. The average Bonchev–Trinajstić information content (AvgIpc) is 2.76. The summed E-state index contributed by atoms with van der Waals surface area (Å²) in [7, 11) is 5.90. The second-order valence-corrected chi connectivity index (χ2v) is 5.23. The Hall–Kier alpha value is -1.76. The molecule has 0 N–H and O–H groups in total. The molecule has 0 spiro atoms. The van der Waals surface area contributed by atoms with Crippen molar-refractivity contribution in [2.75, 3.05) is 0 Å². The zero-order valence-electron chi connectivity index (χ0n) is 10.2. The van der Waals surface area contributed by atoms with Crippen molar-refractivity contribution in [2.24, 2.45) is 0 Å². The number of allylic oxidation sites excluding steroid dienone is 1. The Morgan fingerprint density at radius 3 is 2.61 bits per heavy atom. The van der Waals surface area contributed by atoms with E-state index in [0.717, 1.165) is 11.9 Å². The third kappa shape index (κ3) is 1.34. The molecule has 0 fully saturated rings.